The first-order chi connectivity index (χ1) is 27.6. The second-order valence-corrected chi connectivity index (χ2v) is 18.3. The van der Waals surface area contributed by atoms with Crippen molar-refractivity contribution in [2.24, 2.45) is 0 Å². The van der Waals surface area contributed by atoms with Gasteiger partial charge in [0.25, 0.3) is 0 Å². The summed E-state index contributed by atoms with van der Waals surface area (Å²) in [7, 11) is 0. The number of hydrogen-bond acceptors (Lipinski definition) is 0. The maximum atomic E-state index is 6.74. The summed E-state index contributed by atoms with van der Waals surface area (Å²) in [5, 5.41) is 0. The lowest BCUT2D eigenvalue weighted by atomic mass is 9.67. The van der Waals surface area contributed by atoms with Crippen LogP contribution in [0.1, 0.15) is 115 Å². The second-order valence-electron chi connectivity index (χ2n) is 15.3. The van der Waals surface area contributed by atoms with Gasteiger partial charge in [0.05, 0.1) is 12.0 Å². The van der Waals surface area contributed by atoms with E-state index in [4.69, 9.17) is 6.57 Å². The highest BCUT2D eigenvalue weighted by Gasteiger charge is 2.46. The quantitative estimate of drug-likeness (QED) is 0.0653. The SMILES string of the molecule is CCCCCCc1cc(Br)c(CCCCCC)cc1C.Cc1ccc2c(c1)C(c1ccccc1)(c1ccccc1)c1cc(I)ccc1-2.[C-]#[N+]c1cc(C)cc(Br)c1. The van der Waals surface area contributed by atoms with Crippen molar-refractivity contribution in [3.63, 3.8) is 0 Å². The van der Waals surface area contributed by atoms with Gasteiger partial charge in [-0.2, -0.15) is 0 Å². The zero-order valence-electron chi connectivity index (χ0n) is 34.3. The number of fused-ring (bicyclic) bond motifs is 3. The number of rotatable bonds is 12. The molecule has 0 fully saturated rings. The molecule has 0 unspecified atom stereocenters. The molecule has 0 N–H and O–H groups in total. The second kappa shape index (κ2) is 22.0. The molecule has 0 amide bonds. The summed E-state index contributed by atoms with van der Waals surface area (Å²) in [4.78, 5) is 3.31. The minimum atomic E-state index is -0.277. The van der Waals surface area contributed by atoms with E-state index in [1.807, 2.05) is 19.1 Å². The monoisotopic (exact) mass is 991 g/mol. The summed E-state index contributed by atoms with van der Waals surface area (Å²) in [6, 6.07) is 46.1. The molecule has 6 aromatic carbocycles. The molecule has 1 nitrogen and oxygen atoms in total. The van der Waals surface area contributed by atoms with Gasteiger partial charge in [-0.15, -0.1) is 0 Å². The number of aryl methyl sites for hydroxylation is 5. The highest BCUT2D eigenvalue weighted by Crippen LogP contribution is 2.56. The Morgan fingerprint density at radius 2 is 1.12 bits per heavy atom. The van der Waals surface area contributed by atoms with Crippen LogP contribution in [-0.4, -0.2) is 0 Å². The number of hydrogen-bond donors (Lipinski definition) is 0. The van der Waals surface area contributed by atoms with E-state index in [2.05, 4.69) is 196 Å². The summed E-state index contributed by atoms with van der Waals surface area (Å²) < 4.78 is 3.57. The Balaban J connectivity index is 0.000000182. The Hall–Kier alpha value is -3.50. The fourth-order valence-electron chi connectivity index (χ4n) is 8.08. The number of halogens is 3. The molecule has 0 radical (unpaired) electrons. The van der Waals surface area contributed by atoms with Gasteiger partial charge in [0.1, 0.15) is 0 Å². The maximum Gasteiger partial charge on any atom is 0.188 e. The van der Waals surface area contributed by atoms with Gasteiger partial charge < -0.3 is 0 Å². The third kappa shape index (κ3) is 11.4. The molecule has 57 heavy (non-hydrogen) atoms. The fraction of sp³-hybridized carbons (Fsp3) is 0.302. The smallest absolute Gasteiger partial charge is 0.188 e. The molecule has 294 valence electrons. The molecule has 0 saturated heterocycles. The van der Waals surface area contributed by atoms with Crippen molar-refractivity contribution in [3.8, 4) is 11.1 Å². The maximum absolute atomic E-state index is 6.74. The Kier molecular flexibility index (Phi) is 17.2. The number of nitrogens with zero attached hydrogens (tertiary/aromatic N) is 1. The lowest BCUT2D eigenvalue weighted by Crippen LogP contribution is -2.28. The van der Waals surface area contributed by atoms with Crippen molar-refractivity contribution in [1.82, 2.24) is 0 Å². The van der Waals surface area contributed by atoms with E-state index in [-0.39, 0.29) is 5.41 Å². The summed E-state index contributed by atoms with van der Waals surface area (Å²) in [6.07, 6.45) is 13.2. The van der Waals surface area contributed by atoms with E-state index in [9.17, 15) is 0 Å². The molecule has 0 bridgehead atoms. The minimum Gasteiger partial charge on any atom is -0.238 e. The Morgan fingerprint density at radius 1 is 0.561 bits per heavy atom. The molecule has 0 saturated carbocycles. The molecular formula is C53H56Br2IN. The largest absolute Gasteiger partial charge is 0.238 e. The third-order valence-electron chi connectivity index (χ3n) is 10.9. The van der Waals surface area contributed by atoms with Crippen LogP contribution in [0.3, 0.4) is 0 Å². The standard InChI is InChI=1S/C26H19I.C19H31Br.C8H6BrN/c1-18-12-14-22-23-15-13-21(27)17-25(23)26(24(22)16-18,19-8-4-2-5-9-19)20-10-6-3-7-11-20;1-4-6-8-10-12-17-15-19(20)18(14-16(17)3)13-11-9-7-5-2;1-6-3-7(9)5-8(4-6)10-2/h2-17H,1H3;14-15H,4-13H2,1-3H3;3-5H,1H3. The topological polar surface area (TPSA) is 4.36 Å². The average Bonchev–Trinajstić information content (AvgIpc) is 3.49. The molecule has 0 heterocycles. The van der Waals surface area contributed by atoms with E-state index in [0.717, 1.165) is 10.0 Å². The van der Waals surface area contributed by atoms with E-state index >= 15 is 0 Å². The Morgan fingerprint density at radius 3 is 1.68 bits per heavy atom. The van der Waals surface area contributed by atoms with E-state index in [1.165, 1.54) is 128 Å². The molecule has 0 spiro atoms. The molecule has 0 aliphatic heterocycles. The first-order valence-corrected chi connectivity index (χ1v) is 23.2. The number of unbranched alkanes of at least 4 members (excludes halogenated alkanes) is 6. The van der Waals surface area contributed by atoms with Gasteiger partial charge in [-0.05, 0) is 149 Å². The first-order valence-electron chi connectivity index (χ1n) is 20.6. The van der Waals surface area contributed by atoms with E-state index in [0.29, 0.717) is 5.69 Å². The summed E-state index contributed by atoms with van der Waals surface area (Å²) >= 11 is 9.52. The van der Waals surface area contributed by atoms with Crippen molar-refractivity contribution in [2.45, 2.75) is 104 Å². The van der Waals surface area contributed by atoms with E-state index < -0.39 is 0 Å². The molecule has 1 aliphatic carbocycles. The van der Waals surface area contributed by atoms with Gasteiger partial charge >= 0.3 is 0 Å². The van der Waals surface area contributed by atoms with E-state index in [1.54, 1.807) is 6.07 Å². The summed E-state index contributed by atoms with van der Waals surface area (Å²) in [5.41, 5.74) is 15.4. The van der Waals surface area contributed by atoms with Crippen molar-refractivity contribution in [1.29, 1.82) is 0 Å². The van der Waals surface area contributed by atoms with Crippen LogP contribution in [0.4, 0.5) is 5.69 Å². The normalized spacial score (nSPS) is 12.0. The van der Waals surface area contributed by atoms with Crippen molar-refractivity contribution < 1.29 is 0 Å². The van der Waals surface area contributed by atoms with Crippen molar-refractivity contribution in [3.05, 3.63) is 201 Å². The fourth-order valence-corrected chi connectivity index (χ4v) is 9.76. The van der Waals surface area contributed by atoms with Crippen molar-refractivity contribution >= 4 is 60.1 Å². The van der Waals surface area contributed by atoms with Gasteiger partial charge in [-0.25, -0.2) is 4.85 Å². The van der Waals surface area contributed by atoms with Crippen LogP contribution in [0.5, 0.6) is 0 Å². The molecule has 7 rings (SSSR count). The lowest BCUT2D eigenvalue weighted by molar-refractivity contribution is 0.661. The first kappa shape index (κ1) is 44.6. The van der Waals surface area contributed by atoms with Crippen LogP contribution in [-0.2, 0) is 18.3 Å². The minimum absolute atomic E-state index is 0.277. The van der Waals surface area contributed by atoms with Crippen LogP contribution in [0.2, 0.25) is 0 Å². The molecular weight excluding hydrogens is 937 g/mol. The van der Waals surface area contributed by atoms with Crippen LogP contribution in [0, 0.1) is 30.9 Å². The Bertz CT molecular complexity index is 2100. The molecule has 1 aliphatic rings. The predicted molar refractivity (Wildman–Crippen MR) is 261 cm³/mol. The molecule has 0 aromatic heterocycles. The highest BCUT2D eigenvalue weighted by atomic mass is 127. The van der Waals surface area contributed by atoms with Gasteiger partial charge in [0, 0.05) is 12.5 Å². The van der Waals surface area contributed by atoms with Gasteiger partial charge in [-0.3, -0.25) is 0 Å². The zero-order valence-corrected chi connectivity index (χ0v) is 39.6. The van der Waals surface area contributed by atoms with Gasteiger partial charge in [0.2, 0.25) is 0 Å². The van der Waals surface area contributed by atoms with Crippen LogP contribution < -0.4 is 0 Å². The van der Waals surface area contributed by atoms with Gasteiger partial charge in [0.15, 0.2) is 5.69 Å². The van der Waals surface area contributed by atoms with Crippen LogP contribution in [0.25, 0.3) is 16.0 Å². The highest BCUT2D eigenvalue weighted by molar-refractivity contribution is 14.1. The number of benzene rings is 6. The summed E-state index contributed by atoms with van der Waals surface area (Å²) in [6.45, 7) is 17.7. The van der Waals surface area contributed by atoms with Crippen molar-refractivity contribution in [2.75, 3.05) is 0 Å². The van der Waals surface area contributed by atoms with Crippen LogP contribution >= 0.6 is 54.5 Å². The Labute approximate surface area is 374 Å². The molecule has 0 atom stereocenters. The lowest BCUT2D eigenvalue weighted by Gasteiger charge is -2.34. The zero-order chi connectivity index (χ0) is 40.8. The molecule has 4 heteroatoms. The third-order valence-corrected chi connectivity index (χ3v) is 12.8. The average molecular weight is 994 g/mol. The predicted octanol–water partition coefficient (Wildman–Crippen LogP) is 17.3. The molecule has 6 aromatic rings. The summed E-state index contributed by atoms with van der Waals surface area (Å²) in [5.74, 6) is 0. The van der Waals surface area contributed by atoms with Gasteiger partial charge in [-0.1, -0.05) is 192 Å². The van der Waals surface area contributed by atoms with Crippen LogP contribution in [0.15, 0.2) is 136 Å².